The van der Waals surface area contributed by atoms with Gasteiger partial charge in [-0.2, -0.15) is 0 Å². The topological polar surface area (TPSA) is 0 Å². The van der Waals surface area contributed by atoms with Crippen LogP contribution in [-0.2, 0) is 12.8 Å². The Labute approximate surface area is 112 Å². The summed E-state index contributed by atoms with van der Waals surface area (Å²) in [4.78, 5) is 0. The molecule has 0 radical (unpaired) electrons. The molecule has 2 aromatic rings. The summed E-state index contributed by atoms with van der Waals surface area (Å²) in [5.41, 5.74) is 5.65. The summed E-state index contributed by atoms with van der Waals surface area (Å²) in [7, 11) is 0. The van der Waals surface area contributed by atoms with E-state index < -0.39 is 0 Å². The van der Waals surface area contributed by atoms with Crippen molar-refractivity contribution in [1.29, 1.82) is 0 Å². The molecule has 0 N–H and O–H groups in total. The molecule has 0 amide bonds. The highest BCUT2D eigenvalue weighted by molar-refractivity contribution is 5.34. The minimum absolute atomic E-state index is 1.03. The standard InChI is InChI=1S/C16H18.C2H6/c1-3-16-10-9-15(11-13(16)2)12-14-7-5-4-6-8-14;1-2/h4-11H,3,12H2,1-2H3;1-2H3. The zero-order valence-corrected chi connectivity index (χ0v) is 12.0. The Morgan fingerprint density at radius 1 is 0.833 bits per heavy atom. The molecule has 0 aromatic heterocycles. The monoisotopic (exact) mass is 240 g/mol. The predicted molar refractivity (Wildman–Crippen MR) is 81.2 cm³/mol. The lowest BCUT2D eigenvalue weighted by atomic mass is 9.99. The molecule has 0 aliphatic carbocycles. The fourth-order valence-corrected chi connectivity index (χ4v) is 2.10. The van der Waals surface area contributed by atoms with E-state index in [1.807, 2.05) is 13.8 Å². The third kappa shape index (κ3) is 4.03. The Morgan fingerprint density at radius 2 is 1.50 bits per heavy atom. The van der Waals surface area contributed by atoms with Gasteiger partial charge in [-0.1, -0.05) is 69.3 Å². The normalized spacial score (nSPS) is 9.56. The van der Waals surface area contributed by atoms with Crippen molar-refractivity contribution < 1.29 is 0 Å². The van der Waals surface area contributed by atoms with Crippen LogP contribution in [0.1, 0.15) is 43.0 Å². The van der Waals surface area contributed by atoms with Crippen molar-refractivity contribution in [1.82, 2.24) is 0 Å². The van der Waals surface area contributed by atoms with E-state index in [0.29, 0.717) is 0 Å². The second-order valence-electron chi connectivity index (χ2n) is 4.28. The van der Waals surface area contributed by atoms with E-state index in [2.05, 4.69) is 62.4 Å². The van der Waals surface area contributed by atoms with Gasteiger partial charge in [-0.05, 0) is 42.0 Å². The number of aryl methyl sites for hydroxylation is 2. The summed E-state index contributed by atoms with van der Waals surface area (Å²) >= 11 is 0. The summed E-state index contributed by atoms with van der Waals surface area (Å²) in [5, 5.41) is 0. The second kappa shape index (κ2) is 7.71. The average Bonchev–Trinajstić information content (AvgIpc) is 2.42. The van der Waals surface area contributed by atoms with Gasteiger partial charge >= 0.3 is 0 Å². The van der Waals surface area contributed by atoms with Crippen LogP contribution in [0.4, 0.5) is 0 Å². The summed E-state index contributed by atoms with van der Waals surface area (Å²) in [6.45, 7) is 8.41. The molecular formula is C18H24. The van der Waals surface area contributed by atoms with Crippen LogP contribution in [0, 0.1) is 6.92 Å². The molecule has 0 spiro atoms. The van der Waals surface area contributed by atoms with E-state index in [-0.39, 0.29) is 0 Å². The van der Waals surface area contributed by atoms with Crippen molar-refractivity contribution in [3.63, 3.8) is 0 Å². The zero-order valence-electron chi connectivity index (χ0n) is 12.0. The van der Waals surface area contributed by atoms with Crippen molar-refractivity contribution >= 4 is 0 Å². The molecule has 0 fully saturated rings. The largest absolute Gasteiger partial charge is 0.0683 e. The van der Waals surface area contributed by atoms with Crippen LogP contribution in [0.3, 0.4) is 0 Å². The Hall–Kier alpha value is -1.56. The first-order valence-corrected chi connectivity index (χ1v) is 6.92. The molecule has 0 heteroatoms. The first-order chi connectivity index (χ1) is 8.79. The van der Waals surface area contributed by atoms with Gasteiger partial charge in [0.25, 0.3) is 0 Å². The lowest BCUT2D eigenvalue weighted by molar-refractivity contribution is 1.09. The maximum Gasteiger partial charge on any atom is -0.00257 e. The highest BCUT2D eigenvalue weighted by Crippen LogP contribution is 2.15. The average molecular weight is 240 g/mol. The van der Waals surface area contributed by atoms with Gasteiger partial charge in [-0.25, -0.2) is 0 Å². The van der Waals surface area contributed by atoms with E-state index in [0.717, 1.165) is 12.8 Å². The van der Waals surface area contributed by atoms with Crippen LogP contribution in [0.25, 0.3) is 0 Å². The van der Waals surface area contributed by atoms with Crippen molar-refractivity contribution in [3.05, 3.63) is 70.8 Å². The molecule has 2 rings (SSSR count). The van der Waals surface area contributed by atoms with Crippen molar-refractivity contribution in [3.8, 4) is 0 Å². The highest BCUT2D eigenvalue weighted by Gasteiger charge is 1.99. The van der Waals surface area contributed by atoms with Gasteiger partial charge in [0.05, 0.1) is 0 Å². The summed E-state index contributed by atoms with van der Waals surface area (Å²) in [5.74, 6) is 0. The van der Waals surface area contributed by atoms with Gasteiger partial charge in [-0.15, -0.1) is 0 Å². The molecule has 0 bridgehead atoms. The number of hydrogen-bond donors (Lipinski definition) is 0. The van der Waals surface area contributed by atoms with Crippen LogP contribution in [0.2, 0.25) is 0 Å². The Balaban J connectivity index is 0.000000771. The molecule has 0 saturated heterocycles. The minimum atomic E-state index is 1.03. The van der Waals surface area contributed by atoms with Crippen LogP contribution in [0.15, 0.2) is 48.5 Å². The SMILES string of the molecule is CC.CCc1ccc(Cc2ccccc2)cc1C. The van der Waals surface area contributed by atoms with Gasteiger partial charge < -0.3 is 0 Å². The van der Waals surface area contributed by atoms with E-state index in [1.54, 1.807) is 0 Å². The predicted octanol–water partition coefficient (Wildman–Crippen LogP) is 5.17. The van der Waals surface area contributed by atoms with Crippen molar-refractivity contribution in [2.75, 3.05) is 0 Å². The van der Waals surface area contributed by atoms with Crippen molar-refractivity contribution in [2.24, 2.45) is 0 Å². The van der Waals surface area contributed by atoms with Gasteiger partial charge in [0.1, 0.15) is 0 Å². The Morgan fingerprint density at radius 3 is 2.06 bits per heavy atom. The molecule has 0 saturated carbocycles. The molecule has 0 aliphatic rings. The molecule has 2 aromatic carbocycles. The van der Waals surface area contributed by atoms with Gasteiger partial charge in [0.15, 0.2) is 0 Å². The second-order valence-corrected chi connectivity index (χ2v) is 4.28. The van der Waals surface area contributed by atoms with Gasteiger partial charge in [0, 0.05) is 0 Å². The van der Waals surface area contributed by atoms with Crippen LogP contribution < -0.4 is 0 Å². The smallest absolute Gasteiger partial charge is 0.00257 e. The maximum atomic E-state index is 2.31. The third-order valence-corrected chi connectivity index (χ3v) is 3.04. The number of benzene rings is 2. The molecular weight excluding hydrogens is 216 g/mol. The molecule has 0 nitrogen and oxygen atoms in total. The fraction of sp³-hybridized carbons (Fsp3) is 0.333. The van der Waals surface area contributed by atoms with Crippen molar-refractivity contribution in [2.45, 2.75) is 40.5 Å². The zero-order chi connectivity index (χ0) is 13.4. The molecule has 96 valence electrons. The van der Waals surface area contributed by atoms with E-state index in [9.17, 15) is 0 Å². The quantitative estimate of drug-likeness (QED) is 0.694. The lowest BCUT2D eigenvalue weighted by Gasteiger charge is -2.07. The van der Waals surface area contributed by atoms with E-state index >= 15 is 0 Å². The molecule has 0 atom stereocenters. The Kier molecular flexibility index (Phi) is 6.21. The molecule has 0 unspecified atom stereocenters. The molecule has 18 heavy (non-hydrogen) atoms. The summed E-state index contributed by atoms with van der Waals surface area (Å²) in [6, 6.07) is 17.4. The van der Waals surface area contributed by atoms with Crippen LogP contribution in [-0.4, -0.2) is 0 Å². The Bertz CT molecular complexity index is 455. The van der Waals surface area contributed by atoms with Gasteiger partial charge in [-0.3, -0.25) is 0 Å². The van der Waals surface area contributed by atoms with E-state index in [4.69, 9.17) is 0 Å². The highest BCUT2D eigenvalue weighted by atomic mass is 14.0. The lowest BCUT2D eigenvalue weighted by Crippen LogP contribution is -1.92. The van der Waals surface area contributed by atoms with E-state index in [1.165, 1.54) is 22.3 Å². The fourth-order valence-electron chi connectivity index (χ4n) is 2.10. The molecule has 0 heterocycles. The first kappa shape index (κ1) is 14.5. The van der Waals surface area contributed by atoms with Crippen LogP contribution >= 0.6 is 0 Å². The first-order valence-electron chi connectivity index (χ1n) is 6.92. The third-order valence-electron chi connectivity index (χ3n) is 3.04. The number of hydrogen-bond acceptors (Lipinski definition) is 0. The maximum absolute atomic E-state index is 2.31. The minimum Gasteiger partial charge on any atom is -0.0683 e. The van der Waals surface area contributed by atoms with Gasteiger partial charge in [0.2, 0.25) is 0 Å². The molecule has 0 aliphatic heterocycles. The summed E-state index contributed by atoms with van der Waals surface area (Å²) in [6.07, 6.45) is 2.16. The van der Waals surface area contributed by atoms with Crippen LogP contribution in [0.5, 0.6) is 0 Å². The number of rotatable bonds is 3. The summed E-state index contributed by atoms with van der Waals surface area (Å²) < 4.78 is 0.